The fourth-order valence-corrected chi connectivity index (χ4v) is 0.608. The smallest absolute Gasteiger partial charge is 0.204 e. The number of nitrogen functional groups attached to an aromatic ring is 1. The first-order valence-electron chi connectivity index (χ1n) is 2.62. The minimum atomic E-state index is -0.117. The fraction of sp³-hybridized carbons (Fsp3) is 0.167. The second-order valence-corrected chi connectivity index (χ2v) is 1.93. The van der Waals surface area contributed by atoms with Crippen LogP contribution in [0.1, 0.15) is 0 Å². The molecule has 0 amide bonds. The molecule has 2 N–H and O–H groups in total. The van der Waals surface area contributed by atoms with Crippen LogP contribution in [-0.2, 0) is 7.05 Å². The van der Waals surface area contributed by atoms with Crippen LogP contribution in [0.2, 0.25) is 0 Å². The van der Waals surface area contributed by atoms with Gasteiger partial charge in [0.1, 0.15) is 0 Å². The van der Waals surface area contributed by atoms with Crippen LogP contribution < -0.4 is 11.2 Å². The lowest BCUT2D eigenvalue weighted by Crippen LogP contribution is -2.08. The Morgan fingerprint density at radius 1 is 1.45 bits per heavy atom. The average Bonchev–Trinajstić information content (AvgIpc) is 1.80. The number of hydrogen-bond acceptors (Lipinski definition) is 2. The van der Waals surface area contributed by atoms with Gasteiger partial charge in [-0.1, -0.05) is 0 Å². The minimum absolute atomic E-state index is 0. The van der Waals surface area contributed by atoms with Crippen molar-refractivity contribution in [1.82, 2.24) is 4.57 Å². The van der Waals surface area contributed by atoms with Crippen LogP contribution in [0.4, 0.5) is 5.69 Å². The first-order valence-corrected chi connectivity index (χ1v) is 2.62. The molecule has 0 atom stereocenters. The predicted octanol–water partition coefficient (Wildman–Crippen LogP) is 0.811. The van der Waals surface area contributed by atoms with E-state index in [2.05, 4.69) is 0 Å². The molecule has 0 aromatic carbocycles. The van der Waals surface area contributed by atoms with Gasteiger partial charge in [-0.25, -0.2) is 0 Å². The first kappa shape index (κ1) is 13.0. The van der Waals surface area contributed by atoms with Gasteiger partial charge in [-0.3, -0.25) is 4.79 Å². The molecule has 0 radical (unpaired) electrons. The average molecular weight is 197 g/mol. The Hall–Kier alpha value is -0.670. The molecule has 5 heteroatoms. The number of halogens is 2. The molecule has 0 aliphatic heterocycles. The van der Waals surface area contributed by atoms with E-state index >= 15 is 0 Å². The van der Waals surface area contributed by atoms with Crippen molar-refractivity contribution in [3.05, 3.63) is 28.7 Å². The summed E-state index contributed by atoms with van der Waals surface area (Å²) in [5, 5.41) is 0. The summed E-state index contributed by atoms with van der Waals surface area (Å²) in [6.07, 6.45) is 3.25. The van der Waals surface area contributed by atoms with E-state index in [0.29, 0.717) is 5.69 Å². The molecule has 11 heavy (non-hydrogen) atoms. The highest BCUT2D eigenvalue weighted by atomic mass is 35.5. The summed E-state index contributed by atoms with van der Waals surface area (Å²) >= 11 is 0. The predicted molar refractivity (Wildman–Crippen MR) is 50.6 cm³/mol. The SMILES string of the molecule is Cl.Cl.Cn1ccc(=O)c(N)c1. The summed E-state index contributed by atoms with van der Waals surface area (Å²) in [6.45, 7) is 0. The summed E-state index contributed by atoms with van der Waals surface area (Å²) < 4.78 is 1.73. The van der Waals surface area contributed by atoms with E-state index in [9.17, 15) is 4.79 Å². The lowest BCUT2D eigenvalue weighted by Gasteiger charge is -1.95. The molecular weight excluding hydrogens is 187 g/mol. The zero-order valence-electron chi connectivity index (χ0n) is 5.98. The Balaban J connectivity index is 0. The molecule has 0 bridgehead atoms. The summed E-state index contributed by atoms with van der Waals surface area (Å²) in [5.74, 6) is 0. The first-order chi connectivity index (χ1) is 4.20. The van der Waals surface area contributed by atoms with Crippen LogP contribution in [0.3, 0.4) is 0 Å². The molecule has 0 fully saturated rings. The molecule has 0 spiro atoms. The number of nitrogens with two attached hydrogens (primary N) is 1. The third kappa shape index (κ3) is 3.30. The second kappa shape index (κ2) is 5.04. The summed E-state index contributed by atoms with van der Waals surface area (Å²) in [6, 6.07) is 1.44. The van der Waals surface area contributed by atoms with Gasteiger partial charge in [0.15, 0.2) is 0 Å². The maximum atomic E-state index is 10.6. The quantitative estimate of drug-likeness (QED) is 0.668. The molecule has 0 aliphatic carbocycles. The molecule has 1 rings (SSSR count). The van der Waals surface area contributed by atoms with Gasteiger partial charge in [-0.2, -0.15) is 0 Å². The van der Waals surface area contributed by atoms with Gasteiger partial charge in [-0.15, -0.1) is 24.8 Å². The maximum absolute atomic E-state index is 10.6. The summed E-state index contributed by atoms with van der Waals surface area (Å²) in [5.41, 5.74) is 5.46. The van der Waals surface area contributed by atoms with Gasteiger partial charge in [0.05, 0.1) is 5.69 Å². The third-order valence-corrected chi connectivity index (χ3v) is 1.09. The van der Waals surface area contributed by atoms with Gasteiger partial charge >= 0.3 is 0 Å². The molecule has 0 saturated carbocycles. The normalized spacial score (nSPS) is 7.73. The molecule has 64 valence electrons. The van der Waals surface area contributed by atoms with Crippen LogP contribution in [0.25, 0.3) is 0 Å². The van der Waals surface area contributed by atoms with Gasteiger partial charge in [0.25, 0.3) is 0 Å². The van der Waals surface area contributed by atoms with E-state index in [1.807, 2.05) is 7.05 Å². The molecule has 1 heterocycles. The van der Waals surface area contributed by atoms with E-state index in [1.165, 1.54) is 6.07 Å². The van der Waals surface area contributed by atoms with Crippen molar-refractivity contribution >= 4 is 30.5 Å². The monoisotopic (exact) mass is 196 g/mol. The van der Waals surface area contributed by atoms with Crippen molar-refractivity contribution in [3.8, 4) is 0 Å². The maximum Gasteiger partial charge on any atom is 0.204 e. The van der Waals surface area contributed by atoms with Crippen molar-refractivity contribution in [2.45, 2.75) is 0 Å². The van der Waals surface area contributed by atoms with Crippen LogP contribution >= 0.6 is 24.8 Å². The van der Waals surface area contributed by atoms with Crippen LogP contribution in [0.5, 0.6) is 0 Å². The largest absolute Gasteiger partial charge is 0.394 e. The van der Waals surface area contributed by atoms with E-state index in [4.69, 9.17) is 5.73 Å². The molecule has 1 aromatic rings. The molecule has 0 unspecified atom stereocenters. The topological polar surface area (TPSA) is 48.0 Å². The van der Waals surface area contributed by atoms with Crippen molar-refractivity contribution in [2.75, 3.05) is 5.73 Å². The van der Waals surface area contributed by atoms with Crippen LogP contribution in [0, 0.1) is 0 Å². The number of anilines is 1. The standard InChI is InChI=1S/C6H8N2O.2ClH/c1-8-3-2-6(9)5(7)4-8;;/h2-4H,7H2,1H3;2*1H. The summed E-state index contributed by atoms with van der Waals surface area (Å²) in [7, 11) is 1.82. The Labute approximate surface area is 77.0 Å². The van der Waals surface area contributed by atoms with E-state index in [-0.39, 0.29) is 30.2 Å². The zero-order chi connectivity index (χ0) is 6.85. The lowest BCUT2D eigenvalue weighted by atomic mass is 10.4. The molecule has 0 aliphatic rings. The Bertz CT molecular complexity index is 272. The minimum Gasteiger partial charge on any atom is -0.394 e. The van der Waals surface area contributed by atoms with Crippen molar-refractivity contribution in [2.24, 2.45) is 7.05 Å². The van der Waals surface area contributed by atoms with Gasteiger partial charge in [0.2, 0.25) is 5.43 Å². The highest BCUT2D eigenvalue weighted by Crippen LogP contribution is 1.87. The Kier molecular flexibility index (Phi) is 5.94. The number of hydrogen-bond donors (Lipinski definition) is 1. The number of aromatic nitrogens is 1. The second-order valence-electron chi connectivity index (χ2n) is 1.93. The van der Waals surface area contributed by atoms with Crippen LogP contribution in [-0.4, -0.2) is 4.57 Å². The highest BCUT2D eigenvalue weighted by Gasteiger charge is 1.88. The third-order valence-electron chi connectivity index (χ3n) is 1.09. The Morgan fingerprint density at radius 3 is 2.36 bits per heavy atom. The van der Waals surface area contributed by atoms with Crippen LogP contribution in [0.15, 0.2) is 23.3 Å². The van der Waals surface area contributed by atoms with Crippen molar-refractivity contribution in [3.63, 3.8) is 0 Å². The van der Waals surface area contributed by atoms with Crippen molar-refractivity contribution in [1.29, 1.82) is 0 Å². The van der Waals surface area contributed by atoms with Gasteiger partial charge in [-0.05, 0) is 0 Å². The zero-order valence-corrected chi connectivity index (χ0v) is 7.61. The molecule has 3 nitrogen and oxygen atoms in total. The van der Waals surface area contributed by atoms with E-state index in [0.717, 1.165) is 0 Å². The molecular formula is C6H10Cl2N2O. The van der Waals surface area contributed by atoms with Gasteiger partial charge in [0, 0.05) is 25.5 Å². The fourth-order valence-electron chi connectivity index (χ4n) is 0.608. The number of pyridine rings is 1. The van der Waals surface area contributed by atoms with E-state index < -0.39 is 0 Å². The molecule has 0 saturated heterocycles. The Morgan fingerprint density at radius 2 is 2.00 bits per heavy atom. The lowest BCUT2D eigenvalue weighted by molar-refractivity contribution is 0.903. The molecule has 1 aromatic heterocycles. The van der Waals surface area contributed by atoms with Crippen molar-refractivity contribution < 1.29 is 0 Å². The number of aryl methyl sites for hydroxylation is 1. The van der Waals surface area contributed by atoms with E-state index in [1.54, 1.807) is 17.0 Å². The summed E-state index contributed by atoms with van der Waals surface area (Å²) in [4.78, 5) is 10.6. The highest BCUT2D eigenvalue weighted by molar-refractivity contribution is 5.85. The van der Waals surface area contributed by atoms with Gasteiger partial charge < -0.3 is 10.3 Å². The number of rotatable bonds is 0. The number of nitrogens with zero attached hydrogens (tertiary/aromatic N) is 1.